The molecule has 170 valence electrons. The van der Waals surface area contributed by atoms with Crippen molar-refractivity contribution in [2.24, 2.45) is 0 Å². The molecule has 0 aliphatic carbocycles. The Kier molecular flexibility index (Phi) is 6.60. The molecule has 0 radical (unpaired) electrons. The van der Waals surface area contributed by atoms with Gasteiger partial charge in [-0.15, -0.1) is 0 Å². The van der Waals surface area contributed by atoms with Gasteiger partial charge in [-0.05, 0) is 62.2 Å². The van der Waals surface area contributed by atoms with E-state index in [4.69, 9.17) is 5.11 Å². The number of hydrogen-bond donors (Lipinski definition) is 1. The number of benzene rings is 1. The first kappa shape index (κ1) is 22.1. The first-order valence-electron chi connectivity index (χ1n) is 11.2. The molecule has 2 aliphatic rings. The number of aromatic carboxylic acids is 1. The molecule has 1 unspecified atom stereocenters. The Hall–Kier alpha value is -3.13. The molecule has 1 atom stereocenters. The van der Waals surface area contributed by atoms with Gasteiger partial charge >= 0.3 is 5.97 Å². The number of nitrogens with zero attached hydrogens (tertiary/aromatic N) is 5. The van der Waals surface area contributed by atoms with Crippen molar-refractivity contribution < 1.29 is 14.7 Å². The maximum absolute atomic E-state index is 12.6. The maximum atomic E-state index is 12.6. The van der Waals surface area contributed by atoms with Gasteiger partial charge in [0.15, 0.2) is 0 Å². The van der Waals surface area contributed by atoms with Gasteiger partial charge < -0.3 is 10.0 Å². The van der Waals surface area contributed by atoms with Gasteiger partial charge in [0.25, 0.3) is 0 Å². The molecule has 8 heteroatoms. The van der Waals surface area contributed by atoms with Crippen LogP contribution in [0.25, 0.3) is 0 Å². The molecule has 4 rings (SSSR count). The molecule has 1 amide bonds. The number of carboxylic acids is 1. The van der Waals surface area contributed by atoms with Crippen LogP contribution in [0.1, 0.15) is 35.7 Å². The van der Waals surface area contributed by atoms with E-state index in [1.54, 1.807) is 24.3 Å². The minimum atomic E-state index is -0.947. The van der Waals surface area contributed by atoms with E-state index in [0.29, 0.717) is 13.0 Å². The molecular formula is C24H31N5O3. The van der Waals surface area contributed by atoms with Crippen LogP contribution in [0.3, 0.4) is 0 Å². The summed E-state index contributed by atoms with van der Waals surface area (Å²) < 4.78 is 0. The minimum Gasteiger partial charge on any atom is -0.478 e. The highest BCUT2D eigenvalue weighted by atomic mass is 16.4. The minimum absolute atomic E-state index is 0.0588. The third-order valence-corrected chi connectivity index (χ3v) is 6.26. The Morgan fingerprint density at radius 3 is 2.47 bits per heavy atom. The van der Waals surface area contributed by atoms with Gasteiger partial charge in [0, 0.05) is 45.5 Å². The standard InChI is InChI=1S/C24H31N5O3/c1-18-8-9-25-22(16-18)27-14-12-26(13-15-27)10-3-11-28-23(30)17-19(2)29(28)21-6-4-20(5-7-21)24(31)32/h4-9,16,19H,3,10-15,17H2,1-2H3,(H,31,32). The van der Waals surface area contributed by atoms with Crippen molar-refractivity contribution in [3.8, 4) is 0 Å². The van der Waals surface area contributed by atoms with Crippen LogP contribution in [-0.4, -0.2) is 77.2 Å². The number of aromatic nitrogens is 1. The second-order valence-corrected chi connectivity index (χ2v) is 8.64. The summed E-state index contributed by atoms with van der Waals surface area (Å²) in [6.45, 7) is 9.60. The lowest BCUT2D eigenvalue weighted by Crippen LogP contribution is -2.48. The van der Waals surface area contributed by atoms with Crippen molar-refractivity contribution in [3.05, 3.63) is 53.7 Å². The zero-order valence-corrected chi connectivity index (χ0v) is 18.8. The second kappa shape index (κ2) is 9.56. The maximum Gasteiger partial charge on any atom is 0.335 e. The zero-order valence-electron chi connectivity index (χ0n) is 18.8. The first-order chi connectivity index (χ1) is 15.4. The van der Waals surface area contributed by atoms with Crippen LogP contribution >= 0.6 is 0 Å². The number of hydrazine groups is 1. The third kappa shape index (κ3) is 4.85. The average Bonchev–Trinajstić information content (AvgIpc) is 3.07. The summed E-state index contributed by atoms with van der Waals surface area (Å²) in [5.74, 6) is 0.221. The highest BCUT2D eigenvalue weighted by Crippen LogP contribution is 2.28. The van der Waals surface area contributed by atoms with Crippen LogP contribution in [0, 0.1) is 6.92 Å². The van der Waals surface area contributed by atoms with Crippen LogP contribution in [0.5, 0.6) is 0 Å². The second-order valence-electron chi connectivity index (χ2n) is 8.64. The molecule has 2 fully saturated rings. The molecule has 1 N–H and O–H groups in total. The highest BCUT2D eigenvalue weighted by molar-refractivity contribution is 5.88. The van der Waals surface area contributed by atoms with Crippen molar-refractivity contribution in [2.75, 3.05) is 49.2 Å². The number of pyridine rings is 1. The largest absolute Gasteiger partial charge is 0.478 e. The normalized spacial score (nSPS) is 19.6. The lowest BCUT2D eigenvalue weighted by molar-refractivity contribution is -0.128. The lowest BCUT2D eigenvalue weighted by atomic mass is 10.2. The number of piperazine rings is 1. The van der Waals surface area contributed by atoms with E-state index >= 15 is 0 Å². The number of hydrogen-bond acceptors (Lipinski definition) is 6. The van der Waals surface area contributed by atoms with E-state index in [-0.39, 0.29) is 17.5 Å². The fourth-order valence-electron chi connectivity index (χ4n) is 4.52. The van der Waals surface area contributed by atoms with Crippen LogP contribution in [-0.2, 0) is 4.79 Å². The van der Waals surface area contributed by atoms with E-state index in [9.17, 15) is 9.59 Å². The summed E-state index contributed by atoms with van der Waals surface area (Å²) >= 11 is 0. The Morgan fingerprint density at radius 2 is 1.81 bits per heavy atom. The summed E-state index contributed by atoms with van der Waals surface area (Å²) in [6.07, 6.45) is 3.24. The smallest absolute Gasteiger partial charge is 0.335 e. The fraction of sp³-hybridized carbons (Fsp3) is 0.458. The summed E-state index contributed by atoms with van der Waals surface area (Å²) in [6, 6.07) is 11.0. The summed E-state index contributed by atoms with van der Waals surface area (Å²) in [5, 5.41) is 13.0. The molecule has 0 saturated carbocycles. The van der Waals surface area contributed by atoms with Crippen LogP contribution < -0.4 is 9.91 Å². The fourth-order valence-corrected chi connectivity index (χ4v) is 4.52. The van der Waals surface area contributed by atoms with Crippen LogP contribution in [0.4, 0.5) is 11.5 Å². The predicted octanol–water partition coefficient (Wildman–Crippen LogP) is 2.64. The van der Waals surface area contributed by atoms with E-state index in [0.717, 1.165) is 50.6 Å². The molecule has 1 aromatic carbocycles. The van der Waals surface area contributed by atoms with Crippen molar-refractivity contribution in [2.45, 2.75) is 32.7 Å². The molecule has 0 spiro atoms. The Labute approximate surface area is 189 Å². The van der Waals surface area contributed by atoms with Gasteiger partial charge in [-0.3, -0.25) is 19.7 Å². The van der Waals surface area contributed by atoms with Crippen molar-refractivity contribution in [1.29, 1.82) is 0 Å². The Balaban J connectivity index is 1.30. The number of amides is 1. The molecule has 0 bridgehead atoms. The predicted molar refractivity (Wildman–Crippen MR) is 124 cm³/mol. The molecule has 32 heavy (non-hydrogen) atoms. The Morgan fingerprint density at radius 1 is 1.09 bits per heavy atom. The molecule has 2 saturated heterocycles. The number of carbonyl (C=O) groups is 2. The molecule has 1 aromatic heterocycles. The van der Waals surface area contributed by atoms with Gasteiger partial charge in [0.2, 0.25) is 5.91 Å². The van der Waals surface area contributed by atoms with E-state index in [2.05, 4.69) is 27.8 Å². The summed E-state index contributed by atoms with van der Waals surface area (Å²) in [7, 11) is 0. The summed E-state index contributed by atoms with van der Waals surface area (Å²) in [5.41, 5.74) is 2.33. The molecule has 3 heterocycles. The van der Waals surface area contributed by atoms with Crippen molar-refractivity contribution in [3.63, 3.8) is 0 Å². The number of carboxylic acid groups (broad SMARTS) is 1. The molecule has 2 aromatic rings. The number of carbonyl (C=O) groups excluding carboxylic acids is 1. The van der Waals surface area contributed by atoms with E-state index in [1.807, 2.05) is 29.2 Å². The highest BCUT2D eigenvalue weighted by Gasteiger charge is 2.35. The van der Waals surface area contributed by atoms with Gasteiger partial charge in [-0.25, -0.2) is 9.78 Å². The van der Waals surface area contributed by atoms with Crippen molar-refractivity contribution >= 4 is 23.4 Å². The first-order valence-corrected chi connectivity index (χ1v) is 11.2. The lowest BCUT2D eigenvalue weighted by Gasteiger charge is -2.36. The van der Waals surface area contributed by atoms with Crippen LogP contribution in [0.2, 0.25) is 0 Å². The summed E-state index contributed by atoms with van der Waals surface area (Å²) in [4.78, 5) is 33.0. The monoisotopic (exact) mass is 437 g/mol. The quantitative estimate of drug-likeness (QED) is 0.713. The average molecular weight is 438 g/mol. The molecule has 8 nitrogen and oxygen atoms in total. The van der Waals surface area contributed by atoms with Gasteiger partial charge in [0.1, 0.15) is 5.82 Å². The molecule has 2 aliphatic heterocycles. The van der Waals surface area contributed by atoms with E-state index in [1.165, 1.54) is 5.56 Å². The SMILES string of the molecule is Cc1ccnc(N2CCN(CCCN3C(=O)CC(C)N3c3ccc(C(=O)O)cc3)CC2)c1. The third-order valence-electron chi connectivity index (χ3n) is 6.26. The van der Waals surface area contributed by atoms with Crippen molar-refractivity contribution in [1.82, 2.24) is 14.9 Å². The number of aryl methyl sites for hydroxylation is 1. The van der Waals surface area contributed by atoms with Crippen LogP contribution in [0.15, 0.2) is 42.6 Å². The van der Waals surface area contributed by atoms with E-state index < -0.39 is 5.97 Å². The number of rotatable bonds is 7. The van der Waals surface area contributed by atoms with Gasteiger partial charge in [-0.1, -0.05) is 0 Å². The van der Waals surface area contributed by atoms with Gasteiger partial charge in [0.05, 0.1) is 23.7 Å². The van der Waals surface area contributed by atoms with Gasteiger partial charge in [-0.2, -0.15) is 0 Å². The zero-order chi connectivity index (χ0) is 22.7. The molecular weight excluding hydrogens is 406 g/mol. The number of anilines is 2. The topological polar surface area (TPSA) is 80.2 Å². The Bertz CT molecular complexity index is 956.